The van der Waals surface area contributed by atoms with E-state index in [1.807, 2.05) is 19.9 Å². The number of carbonyl (C=O) groups is 1. The second-order valence-electron chi connectivity index (χ2n) is 4.42. The molecule has 0 heterocycles. The maximum Gasteiger partial charge on any atom is 0.255 e. The molecule has 0 aliphatic carbocycles. The van der Waals surface area contributed by atoms with Crippen molar-refractivity contribution < 1.29 is 9.90 Å². The fourth-order valence-electron chi connectivity index (χ4n) is 1.72. The van der Waals surface area contributed by atoms with Crippen LogP contribution in [-0.4, -0.2) is 11.0 Å². The Bertz CT molecular complexity index is 638. The van der Waals surface area contributed by atoms with Crippen molar-refractivity contribution in [2.75, 3.05) is 5.32 Å². The van der Waals surface area contributed by atoms with E-state index in [0.29, 0.717) is 11.3 Å². The van der Waals surface area contributed by atoms with E-state index in [9.17, 15) is 9.90 Å². The number of amides is 1. The molecule has 0 spiro atoms. The lowest BCUT2D eigenvalue weighted by Crippen LogP contribution is -2.12. The molecular weight excluding hydrogens is 306 g/mol. The van der Waals surface area contributed by atoms with Crippen LogP contribution in [0.5, 0.6) is 5.75 Å². The molecule has 98 valence electrons. The first kappa shape index (κ1) is 13.6. The molecule has 2 N–H and O–H groups in total. The minimum absolute atomic E-state index is 0.172. The number of halogens is 1. The lowest BCUT2D eigenvalue weighted by Gasteiger charge is -2.09. The number of anilines is 1. The maximum absolute atomic E-state index is 12.1. The molecule has 0 unspecified atom stereocenters. The van der Waals surface area contributed by atoms with Crippen LogP contribution in [0.1, 0.15) is 21.5 Å². The predicted octanol–water partition coefficient (Wildman–Crippen LogP) is 4.02. The van der Waals surface area contributed by atoms with E-state index in [1.165, 1.54) is 0 Å². The Hall–Kier alpha value is -1.81. The summed E-state index contributed by atoms with van der Waals surface area (Å²) in [5.41, 5.74) is 3.18. The number of rotatable bonds is 2. The summed E-state index contributed by atoms with van der Waals surface area (Å²) < 4.78 is 0.905. The number of nitrogens with one attached hydrogen (secondary N) is 1. The SMILES string of the molecule is Cc1ccc(C(=O)Nc2ccc(O)cc2C)cc1Br. The number of hydrogen-bond acceptors (Lipinski definition) is 2. The Morgan fingerprint density at radius 1 is 1.11 bits per heavy atom. The molecule has 2 rings (SSSR count). The molecular formula is C15H14BrNO2. The van der Waals surface area contributed by atoms with Crippen LogP contribution in [-0.2, 0) is 0 Å². The number of hydrogen-bond donors (Lipinski definition) is 2. The fraction of sp³-hybridized carbons (Fsp3) is 0.133. The Morgan fingerprint density at radius 3 is 2.47 bits per heavy atom. The van der Waals surface area contributed by atoms with Gasteiger partial charge in [0, 0.05) is 15.7 Å². The normalized spacial score (nSPS) is 10.3. The Kier molecular flexibility index (Phi) is 3.90. The number of benzene rings is 2. The molecule has 0 saturated carbocycles. The van der Waals surface area contributed by atoms with E-state index in [2.05, 4.69) is 21.2 Å². The highest BCUT2D eigenvalue weighted by Crippen LogP contribution is 2.22. The lowest BCUT2D eigenvalue weighted by molar-refractivity contribution is 0.102. The molecule has 0 aromatic heterocycles. The number of aryl methyl sites for hydroxylation is 2. The van der Waals surface area contributed by atoms with Crippen LogP contribution in [0.2, 0.25) is 0 Å². The van der Waals surface area contributed by atoms with Gasteiger partial charge in [-0.2, -0.15) is 0 Å². The zero-order chi connectivity index (χ0) is 14.0. The molecule has 19 heavy (non-hydrogen) atoms. The van der Waals surface area contributed by atoms with Gasteiger partial charge >= 0.3 is 0 Å². The molecule has 1 amide bonds. The first-order valence-corrected chi connectivity index (χ1v) is 6.64. The van der Waals surface area contributed by atoms with Gasteiger partial charge in [-0.25, -0.2) is 0 Å². The molecule has 0 atom stereocenters. The number of carbonyl (C=O) groups excluding carboxylic acids is 1. The summed E-state index contributed by atoms with van der Waals surface area (Å²) in [4.78, 5) is 12.1. The maximum atomic E-state index is 12.1. The van der Waals surface area contributed by atoms with Crippen LogP contribution in [0.3, 0.4) is 0 Å². The van der Waals surface area contributed by atoms with Crippen molar-refractivity contribution in [1.29, 1.82) is 0 Å². The van der Waals surface area contributed by atoms with Crippen molar-refractivity contribution in [2.45, 2.75) is 13.8 Å². The minimum Gasteiger partial charge on any atom is -0.508 e. The number of aromatic hydroxyl groups is 1. The molecule has 0 fully saturated rings. The number of phenolic OH excluding ortho intramolecular Hbond substituents is 1. The van der Waals surface area contributed by atoms with E-state index < -0.39 is 0 Å². The Balaban J connectivity index is 2.23. The zero-order valence-electron chi connectivity index (χ0n) is 10.7. The summed E-state index contributed by atoms with van der Waals surface area (Å²) in [6.07, 6.45) is 0. The largest absolute Gasteiger partial charge is 0.508 e. The van der Waals surface area contributed by atoms with Gasteiger partial charge in [0.2, 0.25) is 0 Å². The van der Waals surface area contributed by atoms with Crippen molar-refractivity contribution in [3.05, 3.63) is 57.6 Å². The molecule has 0 aliphatic rings. The third-order valence-electron chi connectivity index (χ3n) is 2.89. The molecule has 2 aromatic rings. The van der Waals surface area contributed by atoms with E-state index >= 15 is 0 Å². The zero-order valence-corrected chi connectivity index (χ0v) is 12.3. The van der Waals surface area contributed by atoms with Crippen molar-refractivity contribution in [2.24, 2.45) is 0 Å². The third kappa shape index (κ3) is 3.15. The topological polar surface area (TPSA) is 49.3 Å². The highest BCUT2D eigenvalue weighted by molar-refractivity contribution is 9.10. The smallest absolute Gasteiger partial charge is 0.255 e. The van der Waals surface area contributed by atoms with E-state index in [1.54, 1.807) is 30.3 Å². The first-order valence-electron chi connectivity index (χ1n) is 5.84. The van der Waals surface area contributed by atoms with Gasteiger partial charge in [-0.15, -0.1) is 0 Å². The van der Waals surface area contributed by atoms with Gasteiger partial charge in [0.05, 0.1) is 0 Å². The van der Waals surface area contributed by atoms with Crippen molar-refractivity contribution in [1.82, 2.24) is 0 Å². The average Bonchev–Trinajstić information content (AvgIpc) is 2.36. The molecule has 3 nitrogen and oxygen atoms in total. The fourth-order valence-corrected chi connectivity index (χ4v) is 2.10. The van der Waals surface area contributed by atoms with Crippen LogP contribution >= 0.6 is 15.9 Å². The van der Waals surface area contributed by atoms with E-state index in [4.69, 9.17) is 0 Å². The molecule has 0 bridgehead atoms. The predicted molar refractivity (Wildman–Crippen MR) is 79.7 cm³/mol. The van der Waals surface area contributed by atoms with E-state index in [-0.39, 0.29) is 11.7 Å². The highest BCUT2D eigenvalue weighted by Gasteiger charge is 2.09. The van der Waals surface area contributed by atoms with Gasteiger partial charge in [0.25, 0.3) is 5.91 Å². The summed E-state index contributed by atoms with van der Waals surface area (Å²) in [6.45, 7) is 3.80. The van der Waals surface area contributed by atoms with Crippen LogP contribution in [0.25, 0.3) is 0 Å². The van der Waals surface area contributed by atoms with E-state index in [0.717, 1.165) is 15.6 Å². The standard InChI is InChI=1S/C15H14BrNO2/c1-9-3-4-11(8-13(9)16)15(19)17-14-6-5-12(18)7-10(14)2/h3-8,18H,1-2H3,(H,17,19). The Morgan fingerprint density at radius 2 is 1.84 bits per heavy atom. The average molecular weight is 320 g/mol. The monoisotopic (exact) mass is 319 g/mol. The minimum atomic E-state index is -0.172. The highest BCUT2D eigenvalue weighted by atomic mass is 79.9. The third-order valence-corrected chi connectivity index (χ3v) is 3.75. The van der Waals surface area contributed by atoms with Gasteiger partial charge in [0.1, 0.15) is 5.75 Å². The lowest BCUT2D eigenvalue weighted by atomic mass is 10.1. The van der Waals surface area contributed by atoms with Gasteiger partial charge in [-0.3, -0.25) is 4.79 Å². The second-order valence-corrected chi connectivity index (χ2v) is 5.27. The Labute approximate surface area is 120 Å². The van der Waals surface area contributed by atoms with Crippen molar-refractivity contribution in [3.8, 4) is 5.75 Å². The van der Waals surface area contributed by atoms with Gasteiger partial charge in [-0.05, 0) is 55.3 Å². The molecule has 4 heteroatoms. The molecule has 0 aliphatic heterocycles. The second kappa shape index (κ2) is 5.45. The molecule has 0 saturated heterocycles. The quantitative estimate of drug-likeness (QED) is 0.821. The van der Waals surface area contributed by atoms with Crippen LogP contribution in [0.4, 0.5) is 5.69 Å². The summed E-state index contributed by atoms with van der Waals surface area (Å²) in [5, 5.41) is 12.2. The van der Waals surface area contributed by atoms with Crippen molar-refractivity contribution >= 4 is 27.5 Å². The van der Waals surface area contributed by atoms with Gasteiger partial charge < -0.3 is 10.4 Å². The van der Waals surface area contributed by atoms with Gasteiger partial charge in [-0.1, -0.05) is 22.0 Å². The van der Waals surface area contributed by atoms with Crippen LogP contribution in [0, 0.1) is 13.8 Å². The van der Waals surface area contributed by atoms with Crippen LogP contribution < -0.4 is 5.32 Å². The van der Waals surface area contributed by atoms with Gasteiger partial charge in [0.15, 0.2) is 0 Å². The molecule has 2 aromatic carbocycles. The summed E-state index contributed by atoms with van der Waals surface area (Å²) in [5.74, 6) is 0.0167. The summed E-state index contributed by atoms with van der Waals surface area (Å²) in [7, 11) is 0. The van der Waals surface area contributed by atoms with Crippen molar-refractivity contribution in [3.63, 3.8) is 0 Å². The number of phenols is 1. The molecule has 0 radical (unpaired) electrons. The van der Waals surface area contributed by atoms with Crippen LogP contribution in [0.15, 0.2) is 40.9 Å². The first-order chi connectivity index (χ1) is 8.97. The summed E-state index contributed by atoms with van der Waals surface area (Å²) >= 11 is 3.41. The summed E-state index contributed by atoms with van der Waals surface area (Å²) in [6, 6.07) is 10.3.